The van der Waals surface area contributed by atoms with E-state index >= 15 is 0 Å². The van der Waals surface area contributed by atoms with Crippen LogP contribution in [0, 0.1) is 5.92 Å². The standard InChI is InChI=1S/C13H21NS/c1-2-4-11-6-8-13(14,9-7-11)12-5-3-10-15-12/h3,5,10-11H,2,4,6-9,14H2,1H3. The minimum absolute atomic E-state index is 0.00158. The Labute approximate surface area is 96.7 Å². The summed E-state index contributed by atoms with van der Waals surface area (Å²) >= 11 is 1.82. The molecule has 1 saturated carbocycles. The highest BCUT2D eigenvalue weighted by Crippen LogP contribution is 2.40. The summed E-state index contributed by atoms with van der Waals surface area (Å²) in [5, 5.41) is 2.14. The Hall–Kier alpha value is -0.340. The van der Waals surface area contributed by atoms with Crippen molar-refractivity contribution in [2.24, 2.45) is 11.7 Å². The fourth-order valence-corrected chi connectivity index (χ4v) is 3.60. The zero-order valence-electron chi connectivity index (χ0n) is 9.54. The van der Waals surface area contributed by atoms with E-state index in [0.717, 1.165) is 5.92 Å². The SMILES string of the molecule is CCCC1CCC(N)(c2cccs2)CC1. The molecule has 1 aromatic heterocycles. The summed E-state index contributed by atoms with van der Waals surface area (Å²) in [7, 11) is 0. The molecule has 2 rings (SSSR count). The first kappa shape index (κ1) is 11.2. The second-order valence-electron chi connectivity index (χ2n) is 4.87. The summed E-state index contributed by atoms with van der Waals surface area (Å²) in [4.78, 5) is 1.39. The Morgan fingerprint density at radius 3 is 2.73 bits per heavy atom. The van der Waals surface area contributed by atoms with Crippen LogP contribution in [0.4, 0.5) is 0 Å². The minimum Gasteiger partial charge on any atom is -0.321 e. The molecule has 2 N–H and O–H groups in total. The normalized spacial score (nSPS) is 31.7. The van der Waals surface area contributed by atoms with E-state index in [1.54, 1.807) is 0 Å². The summed E-state index contributed by atoms with van der Waals surface area (Å²) in [6.45, 7) is 2.28. The maximum atomic E-state index is 6.49. The third kappa shape index (κ3) is 2.43. The van der Waals surface area contributed by atoms with E-state index in [2.05, 4.69) is 24.4 Å². The average molecular weight is 223 g/mol. The molecule has 1 heterocycles. The average Bonchev–Trinajstić information content (AvgIpc) is 2.76. The molecular weight excluding hydrogens is 202 g/mol. The number of hydrogen-bond donors (Lipinski definition) is 1. The lowest BCUT2D eigenvalue weighted by Gasteiger charge is -2.36. The fraction of sp³-hybridized carbons (Fsp3) is 0.692. The monoisotopic (exact) mass is 223 g/mol. The molecule has 1 aromatic rings. The summed E-state index contributed by atoms with van der Waals surface area (Å²) < 4.78 is 0. The number of hydrogen-bond acceptors (Lipinski definition) is 2. The van der Waals surface area contributed by atoms with Crippen LogP contribution < -0.4 is 5.73 Å². The molecule has 2 heteroatoms. The van der Waals surface area contributed by atoms with E-state index in [-0.39, 0.29) is 5.54 Å². The van der Waals surface area contributed by atoms with Crippen molar-refractivity contribution < 1.29 is 0 Å². The van der Waals surface area contributed by atoms with Crippen molar-refractivity contribution in [1.82, 2.24) is 0 Å². The van der Waals surface area contributed by atoms with Gasteiger partial charge in [0.15, 0.2) is 0 Å². The molecule has 0 spiro atoms. The van der Waals surface area contributed by atoms with Crippen LogP contribution in [-0.2, 0) is 5.54 Å². The van der Waals surface area contributed by atoms with Gasteiger partial charge in [0.2, 0.25) is 0 Å². The Morgan fingerprint density at radius 1 is 1.47 bits per heavy atom. The Balaban J connectivity index is 1.97. The molecule has 1 aliphatic carbocycles. The van der Waals surface area contributed by atoms with Crippen molar-refractivity contribution in [3.63, 3.8) is 0 Å². The lowest BCUT2D eigenvalue weighted by molar-refractivity contribution is 0.229. The molecule has 0 atom stereocenters. The van der Waals surface area contributed by atoms with Crippen LogP contribution in [0.3, 0.4) is 0 Å². The summed E-state index contributed by atoms with van der Waals surface area (Å²) in [6.07, 6.45) is 7.71. The first-order chi connectivity index (χ1) is 7.24. The Bertz CT molecular complexity index is 283. The van der Waals surface area contributed by atoms with E-state index in [0.29, 0.717) is 0 Å². The third-order valence-corrected chi connectivity index (χ3v) is 4.80. The first-order valence-corrected chi connectivity index (χ1v) is 6.95. The molecule has 1 fully saturated rings. The molecule has 0 saturated heterocycles. The molecule has 0 aliphatic heterocycles. The van der Waals surface area contributed by atoms with Gasteiger partial charge in [0.1, 0.15) is 0 Å². The van der Waals surface area contributed by atoms with Gasteiger partial charge >= 0.3 is 0 Å². The van der Waals surface area contributed by atoms with Gasteiger partial charge in [0.05, 0.1) is 5.54 Å². The van der Waals surface area contributed by atoms with Crippen LogP contribution in [0.25, 0.3) is 0 Å². The predicted octanol–water partition coefficient (Wildman–Crippen LogP) is 3.89. The second kappa shape index (κ2) is 4.67. The van der Waals surface area contributed by atoms with E-state index in [4.69, 9.17) is 5.73 Å². The molecule has 0 unspecified atom stereocenters. The quantitative estimate of drug-likeness (QED) is 0.826. The molecule has 0 radical (unpaired) electrons. The van der Waals surface area contributed by atoms with Crippen LogP contribution in [0.2, 0.25) is 0 Å². The van der Waals surface area contributed by atoms with E-state index < -0.39 is 0 Å². The number of nitrogens with two attached hydrogens (primary N) is 1. The molecule has 15 heavy (non-hydrogen) atoms. The van der Waals surface area contributed by atoms with E-state index in [1.807, 2.05) is 11.3 Å². The van der Waals surface area contributed by atoms with E-state index in [1.165, 1.54) is 43.4 Å². The Kier molecular flexibility index (Phi) is 3.47. The van der Waals surface area contributed by atoms with Crippen molar-refractivity contribution in [2.45, 2.75) is 51.0 Å². The molecule has 1 nitrogen and oxygen atoms in total. The van der Waals surface area contributed by atoms with Crippen LogP contribution in [0.15, 0.2) is 17.5 Å². The van der Waals surface area contributed by atoms with Gasteiger partial charge in [0.25, 0.3) is 0 Å². The second-order valence-corrected chi connectivity index (χ2v) is 5.81. The van der Waals surface area contributed by atoms with Gasteiger partial charge in [0, 0.05) is 4.88 Å². The summed E-state index contributed by atoms with van der Waals surface area (Å²) in [5.74, 6) is 0.937. The zero-order valence-corrected chi connectivity index (χ0v) is 10.4. The topological polar surface area (TPSA) is 26.0 Å². The molecule has 0 amide bonds. The highest BCUT2D eigenvalue weighted by atomic mass is 32.1. The third-order valence-electron chi connectivity index (χ3n) is 3.71. The minimum atomic E-state index is -0.00158. The summed E-state index contributed by atoms with van der Waals surface area (Å²) in [5.41, 5.74) is 6.49. The first-order valence-electron chi connectivity index (χ1n) is 6.07. The van der Waals surface area contributed by atoms with Gasteiger partial charge in [-0.15, -0.1) is 11.3 Å². The van der Waals surface area contributed by atoms with E-state index in [9.17, 15) is 0 Å². The smallest absolute Gasteiger partial charge is 0.0503 e. The van der Waals surface area contributed by atoms with Crippen LogP contribution >= 0.6 is 11.3 Å². The van der Waals surface area contributed by atoms with Crippen molar-refractivity contribution in [1.29, 1.82) is 0 Å². The van der Waals surface area contributed by atoms with Gasteiger partial charge in [-0.25, -0.2) is 0 Å². The van der Waals surface area contributed by atoms with Gasteiger partial charge in [-0.05, 0) is 43.0 Å². The Morgan fingerprint density at radius 2 is 2.20 bits per heavy atom. The van der Waals surface area contributed by atoms with Crippen molar-refractivity contribution in [2.75, 3.05) is 0 Å². The highest BCUT2D eigenvalue weighted by Gasteiger charge is 2.33. The van der Waals surface area contributed by atoms with Crippen molar-refractivity contribution in [3.8, 4) is 0 Å². The van der Waals surface area contributed by atoms with Crippen LogP contribution in [0.5, 0.6) is 0 Å². The lowest BCUT2D eigenvalue weighted by atomic mass is 9.75. The number of rotatable bonds is 3. The molecule has 84 valence electrons. The molecule has 0 aromatic carbocycles. The number of thiophene rings is 1. The van der Waals surface area contributed by atoms with Crippen molar-refractivity contribution in [3.05, 3.63) is 22.4 Å². The van der Waals surface area contributed by atoms with Gasteiger partial charge in [-0.2, -0.15) is 0 Å². The van der Waals surface area contributed by atoms with Gasteiger partial charge in [-0.1, -0.05) is 25.8 Å². The summed E-state index contributed by atoms with van der Waals surface area (Å²) in [6, 6.07) is 4.32. The molecule has 1 aliphatic rings. The maximum Gasteiger partial charge on any atom is 0.0503 e. The molecule has 0 bridgehead atoms. The van der Waals surface area contributed by atoms with Gasteiger partial charge < -0.3 is 5.73 Å². The highest BCUT2D eigenvalue weighted by molar-refractivity contribution is 7.10. The van der Waals surface area contributed by atoms with Crippen LogP contribution in [-0.4, -0.2) is 0 Å². The van der Waals surface area contributed by atoms with Crippen molar-refractivity contribution >= 4 is 11.3 Å². The lowest BCUT2D eigenvalue weighted by Crippen LogP contribution is -2.39. The fourth-order valence-electron chi connectivity index (χ4n) is 2.70. The van der Waals surface area contributed by atoms with Crippen LogP contribution in [0.1, 0.15) is 50.3 Å². The largest absolute Gasteiger partial charge is 0.321 e. The molecular formula is C13H21NS. The van der Waals surface area contributed by atoms with Gasteiger partial charge in [-0.3, -0.25) is 0 Å². The zero-order chi connectivity index (χ0) is 10.7. The predicted molar refractivity (Wildman–Crippen MR) is 67.1 cm³/mol. The maximum absolute atomic E-state index is 6.49.